The van der Waals surface area contributed by atoms with Crippen LogP contribution in [-0.2, 0) is 16.6 Å². The average molecular weight is 388 g/mol. The van der Waals surface area contributed by atoms with Crippen LogP contribution >= 0.6 is 0 Å². The molecule has 0 atom stereocenters. The summed E-state index contributed by atoms with van der Waals surface area (Å²) >= 11 is 0. The molecule has 1 aliphatic heterocycles. The number of rotatable bonds is 7. The van der Waals surface area contributed by atoms with Crippen LogP contribution in [0.4, 0.5) is 0 Å². The number of benzene rings is 2. The molecule has 0 unspecified atom stereocenters. The molecule has 3 rings (SSSR count). The summed E-state index contributed by atoms with van der Waals surface area (Å²) < 4.78 is 37.6. The van der Waals surface area contributed by atoms with Gasteiger partial charge < -0.3 is 14.8 Å². The van der Waals surface area contributed by atoms with Crippen molar-refractivity contribution in [2.45, 2.75) is 11.4 Å². The standard InChI is InChI=1S/C19H20N2O5S/c1-2-10-21-27(23,24)16-8-6-14(7-9-16)19(22)20-13-15-4-3-5-17-18(15)26-12-11-25-17/h2-9,21H,1,10-13H2,(H,20,22). The Hall–Kier alpha value is -2.84. The van der Waals surface area contributed by atoms with E-state index >= 15 is 0 Å². The maximum atomic E-state index is 12.4. The quantitative estimate of drug-likeness (QED) is 0.706. The van der Waals surface area contributed by atoms with Gasteiger partial charge in [0.15, 0.2) is 11.5 Å². The van der Waals surface area contributed by atoms with Crippen molar-refractivity contribution in [3.05, 3.63) is 66.2 Å². The number of nitrogens with one attached hydrogen (secondary N) is 2. The van der Waals surface area contributed by atoms with E-state index in [0.717, 1.165) is 5.56 Å². The van der Waals surface area contributed by atoms with Gasteiger partial charge in [-0.3, -0.25) is 4.79 Å². The fourth-order valence-electron chi connectivity index (χ4n) is 2.59. The first-order valence-electron chi connectivity index (χ1n) is 8.37. The van der Waals surface area contributed by atoms with Gasteiger partial charge in [0.05, 0.1) is 4.90 Å². The molecule has 2 N–H and O–H groups in total. The van der Waals surface area contributed by atoms with Crippen molar-refractivity contribution in [1.82, 2.24) is 10.0 Å². The molecule has 0 fully saturated rings. The number of hydrogen-bond donors (Lipinski definition) is 2. The monoisotopic (exact) mass is 388 g/mol. The first-order valence-corrected chi connectivity index (χ1v) is 9.86. The highest BCUT2D eigenvalue weighted by molar-refractivity contribution is 7.89. The van der Waals surface area contributed by atoms with E-state index in [9.17, 15) is 13.2 Å². The van der Waals surface area contributed by atoms with Gasteiger partial charge in [-0.05, 0) is 30.3 Å². The molecule has 0 bridgehead atoms. The first kappa shape index (κ1) is 18.9. The fourth-order valence-corrected chi connectivity index (χ4v) is 3.59. The Morgan fingerprint density at radius 2 is 1.85 bits per heavy atom. The van der Waals surface area contributed by atoms with Crippen molar-refractivity contribution >= 4 is 15.9 Å². The van der Waals surface area contributed by atoms with Crippen LogP contribution < -0.4 is 19.5 Å². The smallest absolute Gasteiger partial charge is 0.251 e. The number of carbonyl (C=O) groups is 1. The Labute approximate surface area is 158 Å². The Kier molecular flexibility index (Phi) is 5.78. The molecule has 27 heavy (non-hydrogen) atoms. The van der Waals surface area contributed by atoms with Crippen molar-refractivity contribution in [3.8, 4) is 11.5 Å². The van der Waals surface area contributed by atoms with Crippen LogP contribution in [0, 0.1) is 0 Å². The molecule has 1 aliphatic rings. The average Bonchev–Trinajstić information content (AvgIpc) is 2.70. The molecular formula is C19H20N2O5S. The molecule has 2 aromatic carbocycles. The Bertz CT molecular complexity index is 939. The van der Waals surface area contributed by atoms with Gasteiger partial charge in [-0.25, -0.2) is 13.1 Å². The molecule has 0 aliphatic carbocycles. The van der Waals surface area contributed by atoms with E-state index in [1.165, 1.54) is 30.3 Å². The van der Waals surface area contributed by atoms with Crippen LogP contribution in [0.15, 0.2) is 60.0 Å². The van der Waals surface area contributed by atoms with Gasteiger partial charge in [0.1, 0.15) is 13.2 Å². The number of fused-ring (bicyclic) bond motifs is 1. The summed E-state index contributed by atoms with van der Waals surface area (Å²) in [6.45, 7) is 4.84. The van der Waals surface area contributed by atoms with Crippen molar-refractivity contribution in [3.63, 3.8) is 0 Å². The lowest BCUT2D eigenvalue weighted by Crippen LogP contribution is -2.25. The molecular weight excluding hydrogens is 368 g/mol. The zero-order chi connectivity index (χ0) is 19.3. The van der Waals surface area contributed by atoms with Crippen molar-refractivity contribution in [1.29, 1.82) is 0 Å². The van der Waals surface area contributed by atoms with Gasteiger partial charge in [-0.1, -0.05) is 18.2 Å². The number of carbonyl (C=O) groups excluding carboxylic acids is 1. The van der Waals surface area contributed by atoms with Gasteiger partial charge in [0, 0.05) is 24.2 Å². The van der Waals surface area contributed by atoms with E-state index in [4.69, 9.17) is 9.47 Å². The minimum atomic E-state index is -3.61. The van der Waals surface area contributed by atoms with Crippen LogP contribution in [-0.4, -0.2) is 34.1 Å². The van der Waals surface area contributed by atoms with Crippen LogP contribution in [0.3, 0.4) is 0 Å². The summed E-state index contributed by atoms with van der Waals surface area (Å²) in [5.41, 5.74) is 1.17. The van der Waals surface area contributed by atoms with E-state index in [-0.39, 0.29) is 23.9 Å². The number of hydrogen-bond acceptors (Lipinski definition) is 5. The largest absolute Gasteiger partial charge is 0.486 e. The predicted molar refractivity (Wildman–Crippen MR) is 100 cm³/mol. The lowest BCUT2D eigenvalue weighted by Gasteiger charge is -2.21. The van der Waals surface area contributed by atoms with Crippen LogP contribution in [0.25, 0.3) is 0 Å². The van der Waals surface area contributed by atoms with Crippen LogP contribution in [0.5, 0.6) is 11.5 Å². The zero-order valence-corrected chi connectivity index (χ0v) is 15.4. The Morgan fingerprint density at radius 3 is 2.59 bits per heavy atom. The number of sulfonamides is 1. The molecule has 0 radical (unpaired) electrons. The molecule has 1 heterocycles. The molecule has 7 nitrogen and oxygen atoms in total. The van der Waals surface area contributed by atoms with Gasteiger partial charge in [0.2, 0.25) is 10.0 Å². The predicted octanol–water partition coefficient (Wildman–Crippen LogP) is 1.85. The van der Waals surface area contributed by atoms with E-state index in [2.05, 4.69) is 16.6 Å². The lowest BCUT2D eigenvalue weighted by molar-refractivity contribution is 0.0949. The van der Waals surface area contributed by atoms with E-state index in [1.54, 1.807) is 0 Å². The molecule has 142 valence electrons. The fraction of sp³-hybridized carbons (Fsp3) is 0.211. The van der Waals surface area contributed by atoms with Crippen LogP contribution in [0.2, 0.25) is 0 Å². The summed E-state index contributed by atoms with van der Waals surface area (Å²) in [6.07, 6.45) is 1.45. The third-order valence-electron chi connectivity index (χ3n) is 3.93. The normalized spacial score (nSPS) is 13.0. The maximum absolute atomic E-state index is 12.4. The maximum Gasteiger partial charge on any atom is 0.251 e. The third-order valence-corrected chi connectivity index (χ3v) is 5.37. The highest BCUT2D eigenvalue weighted by Crippen LogP contribution is 2.33. The Morgan fingerprint density at radius 1 is 1.11 bits per heavy atom. The number of para-hydroxylation sites is 1. The summed E-state index contributed by atoms with van der Waals surface area (Å²) in [7, 11) is -3.61. The summed E-state index contributed by atoms with van der Waals surface area (Å²) in [4.78, 5) is 12.4. The van der Waals surface area contributed by atoms with E-state index in [1.807, 2.05) is 18.2 Å². The summed E-state index contributed by atoms with van der Waals surface area (Å²) in [6, 6.07) is 11.2. The lowest BCUT2D eigenvalue weighted by atomic mass is 10.1. The molecule has 0 spiro atoms. The van der Waals surface area contributed by atoms with E-state index in [0.29, 0.717) is 30.3 Å². The topological polar surface area (TPSA) is 93.7 Å². The molecule has 0 saturated heterocycles. The SMILES string of the molecule is C=CCNS(=O)(=O)c1ccc(C(=O)NCc2cccc3c2OCCO3)cc1. The highest BCUT2D eigenvalue weighted by atomic mass is 32.2. The van der Waals surface area contributed by atoms with Gasteiger partial charge in [-0.2, -0.15) is 0 Å². The highest BCUT2D eigenvalue weighted by Gasteiger charge is 2.17. The second-order valence-electron chi connectivity index (χ2n) is 5.79. The van der Waals surface area contributed by atoms with E-state index < -0.39 is 10.0 Å². The van der Waals surface area contributed by atoms with Gasteiger partial charge >= 0.3 is 0 Å². The third kappa shape index (κ3) is 4.47. The summed E-state index contributed by atoms with van der Waals surface area (Å²) in [5, 5.41) is 2.81. The van der Waals surface area contributed by atoms with Crippen molar-refractivity contribution < 1.29 is 22.7 Å². The van der Waals surface area contributed by atoms with Crippen LogP contribution in [0.1, 0.15) is 15.9 Å². The molecule has 0 aromatic heterocycles. The summed E-state index contributed by atoms with van der Waals surface area (Å²) in [5.74, 6) is 0.987. The second kappa shape index (κ2) is 8.24. The first-order chi connectivity index (χ1) is 13.0. The zero-order valence-electron chi connectivity index (χ0n) is 14.6. The van der Waals surface area contributed by atoms with Crippen molar-refractivity contribution in [2.24, 2.45) is 0 Å². The number of amides is 1. The molecule has 8 heteroatoms. The minimum Gasteiger partial charge on any atom is -0.486 e. The molecule has 0 saturated carbocycles. The molecule has 2 aromatic rings. The van der Waals surface area contributed by atoms with Crippen molar-refractivity contribution in [2.75, 3.05) is 19.8 Å². The Balaban J connectivity index is 1.66. The van der Waals surface area contributed by atoms with Gasteiger partial charge in [0.25, 0.3) is 5.91 Å². The molecule has 1 amide bonds. The second-order valence-corrected chi connectivity index (χ2v) is 7.56. The number of ether oxygens (including phenoxy) is 2. The minimum absolute atomic E-state index is 0.0866. The van der Waals surface area contributed by atoms with Gasteiger partial charge in [-0.15, -0.1) is 6.58 Å².